The summed E-state index contributed by atoms with van der Waals surface area (Å²) < 4.78 is 8.19. The summed E-state index contributed by atoms with van der Waals surface area (Å²) in [6.07, 6.45) is 1.90. The maximum absolute atomic E-state index is 12.5. The molecule has 0 aliphatic heterocycles. The van der Waals surface area contributed by atoms with Gasteiger partial charge in [-0.15, -0.1) is 0 Å². The SMILES string of the molecule is CCn1cc(Br)cc1C(=O)Nc1ccc(C)c(OC)c1C. The molecule has 0 aliphatic carbocycles. The lowest BCUT2D eigenvalue weighted by Crippen LogP contribution is -2.17. The van der Waals surface area contributed by atoms with Crippen LogP contribution in [0.1, 0.15) is 28.5 Å². The number of amides is 1. The van der Waals surface area contributed by atoms with Crippen molar-refractivity contribution in [2.75, 3.05) is 12.4 Å². The summed E-state index contributed by atoms with van der Waals surface area (Å²) in [4.78, 5) is 12.5. The second-order valence-corrected chi connectivity index (χ2v) is 5.79. The van der Waals surface area contributed by atoms with E-state index in [1.807, 2.05) is 49.7 Å². The highest BCUT2D eigenvalue weighted by Crippen LogP contribution is 2.29. The van der Waals surface area contributed by atoms with Crippen molar-refractivity contribution in [3.63, 3.8) is 0 Å². The summed E-state index contributed by atoms with van der Waals surface area (Å²) in [6, 6.07) is 5.66. The van der Waals surface area contributed by atoms with Gasteiger partial charge in [0.05, 0.1) is 7.11 Å². The fourth-order valence-electron chi connectivity index (χ4n) is 2.39. The Morgan fingerprint density at radius 2 is 2.10 bits per heavy atom. The molecule has 0 saturated carbocycles. The predicted octanol–water partition coefficient (Wildman–Crippen LogP) is 4.15. The van der Waals surface area contributed by atoms with Crippen molar-refractivity contribution < 1.29 is 9.53 Å². The van der Waals surface area contributed by atoms with Gasteiger partial charge < -0.3 is 14.6 Å². The molecule has 0 bridgehead atoms. The molecule has 0 saturated heterocycles. The summed E-state index contributed by atoms with van der Waals surface area (Å²) in [5.41, 5.74) is 3.37. The van der Waals surface area contributed by atoms with Crippen molar-refractivity contribution >= 4 is 27.5 Å². The van der Waals surface area contributed by atoms with Gasteiger partial charge in [-0.25, -0.2) is 0 Å². The lowest BCUT2D eigenvalue weighted by atomic mass is 10.1. The van der Waals surface area contributed by atoms with Crippen LogP contribution in [-0.2, 0) is 6.54 Å². The molecule has 2 rings (SSSR count). The largest absolute Gasteiger partial charge is 0.496 e. The minimum Gasteiger partial charge on any atom is -0.496 e. The molecule has 0 unspecified atom stereocenters. The van der Waals surface area contributed by atoms with Crippen LogP contribution in [-0.4, -0.2) is 17.6 Å². The zero-order chi connectivity index (χ0) is 15.6. The van der Waals surface area contributed by atoms with Gasteiger partial charge in [0, 0.05) is 28.5 Å². The Morgan fingerprint density at radius 1 is 1.38 bits per heavy atom. The molecular weight excluding hydrogens is 332 g/mol. The number of nitrogens with zero attached hydrogens (tertiary/aromatic N) is 1. The number of rotatable bonds is 4. The molecule has 21 heavy (non-hydrogen) atoms. The van der Waals surface area contributed by atoms with E-state index in [1.165, 1.54) is 0 Å². The second kappa shape index (κ2) is 6.35. The highest BCUT2D eigenvalue weighted by molar-refractivity contribution is 9.10. The van der Waals surface area contributed by atoms with Gasteiger partial charge in [0.15, 0.2) is 0 Å². The van der Waals surface area contributed by atoms with E-state index in [9.17, 15) is 4.79 Å². The predicted molar refractivity (Wildman–Crippen MR) is 88.2 cm³/mol. The van der Waals surface area contributed by atoms with Crippen LogP contribution < -0.4 is 10.1 Å². The van der Waals surface area contributed by atoms with Crippen LogP contribution in [0.5, 0.6) is 5.75 Å². The normalized spacial score (nSPS) is 10.5. The van der Waals surface area contributed by atoms with Crippen LogP contribution in [0.3, 0.4) is 0 Å². The van der Waals surface area contributed by atoms with Gasteiger partial charge in [0.25, 0.3) is 5.91 Å². The molecule has 1 aromatic heterocycles. The van der Waals surface area contributed by atoms with Gasteiger partial charge in [-0.1, -0.05) is 6.07 Å². The smallest absolute Gasteiger partial charge is 0.272 e. The molecule has 1 aromatic carbocycles. The van der Waals surface area contributed by atoms with Gasteiger partial charge in [0.1, 0.15) is 11.4 Å². The van der Waals surface area contributed by atoms with E-state index in [2.05, 4.69) is 21.2 Å². The fourth-order valence-corrected chi connectivity index (χ4v) is 2.85. The first-order valence-electron chi connectivity index (χ1n) is 6.79. The van der Waals surface area contributed by atoms with Crippen LogP contribution in [0.2, 0.25) is 0 Å². The zero-order valence-corrected chi connectivity index (χ0v) is 14.2. The van der Waals surface area contributed by atoms with E-state index < -0.39 is 0 Å². The van der Waals surface area contributed by atoms with Gasteiger partial charge in [0.2, 0.25) is 0 Å². The first-order chi connectivity index (χ1) is 9.97. The lowest BCUT2D eigenvalue weighted by molar-refractivity contribution is 0.101. The number of hydrogen-bond acceptors (Lipinski definition) is 2. The van der Waals surface area contributed by atoms with Gasteiger partial charge in [-0.2, -0.15) is 0 Å². The Hall–Kier alpha value is -1.75. The van der Waals surface area contributed by atoms with E-state index >= 15 is 0 Å². The van der Waals surface area contributed by atoms with E-state index in [4.69, 9.17) is 4.74 Å². The number of aryl methyl sites for hydroxylation is 2. The summed E-state index contributed by atoms with van der Waals surface area (Å²) in [5, 5.41) is 2.96. The van der Waals surface area contributed by atoms with Crippen molar-refractivity contribution in [1.82, 2.24) is 4.57 Å². The number of anilines is 1. The first kappa shape index (κ1) is 15.6. The summed E-state index contributed by atoms with van der Waals surface area (Å²) in [7, 11) is 1.64. The Balaban J connectivity index is 2.32. The van der Waals surface area contributed by atoms with Crippen LogP contribution in [0, 0.1) is 13.8 Å². The minimum atomic E-state index is -0.128. The van der Waals surface area contributed by atoms with Crippen molar-refractivity contribution in [2.45, 2.75) is 27.3 Å². The lowest BCUT2D eigenvalue weighted by Gasteiger charge is -2.14. The van der Waals surface area contributed by atoms with Crippen molar-refractivity contribution in [1.29, 1.82) is 0 Å². The number of methoxy groups -OCH3 is 1. The maximum atomic E-state index is 12.5. The molecule has 1 heterocycles. The Bertz CT molecular complexity index is 677. The number of nitrogens with one attached hydrogen (secondary N) is 1. The molecule has 2 aromatic rings. The number of ether oxygens (including phenoxy) is 1. The summed E-state index contributed by atoms with van der Waals surface area (Å²) >= 11 is 3.40. The molecule has 1 amide bonds. The summed E-state index contributed by atoms with van der Waals surface area (Å²) in [5.74, 6) is 0.677. The molecule has 0 spiro atoms. The molecule has 0 aliphatic rings. The summed E-state index contributed by atoms with van der Waals surface area (Å²) in [6.45, 7) is 6.67. The van der Waals surface area contributed by atoms with E-state index in [0.717, 1.165) is 33.6 Å². The van der Waals surface area contributed by atoms with Crippen molar-refractivity contribution in [2.24, 2.45) is 0 Å². The topological polar surface area (TPSA) is 43.3 Å². The maximum Gasteiger partial charge on any atom is 0.272 e. The number of hydrogen-bond donors (Lipinski definition) is 1. The van der Waals surface area contributed by atoms with Crippen LogP contribution >= 0.6 is 15.9 Å². The van der Waals surface area contributed by atoms with Crippen molar-refractivity contribution in [3.05, 3.63) is 45.7 Å². The standard InChI is InChI=1S/C16H19BrN2O2/c1-5-19-9-12(17)8-14(19)16(20)18-13-7-6-10(2)15(21-4)11(13)3/h6-9H,5H2,1-4H3,(H,18,20). The zero-order valence-electron chi connectivity index (χ0n) is 12.7. The molecule has 5 heteroatoms. The van der Waals surface area contributed by atoms with Crippen LogP contribution in [0.15, 0.2) is 28.9 Å². The molecule has 112 valence electrons. The highest BCUT2D eigenvalue weighted by Gasteiger charge is 2.15. The monoisotopic (exact) mass is 350 g/mol. The third-order valence-electron chi connectivity index (χ3n) is 3.49. The number of aromatic nitrogens is 1. The van der Waals surface area contributed by atoms with E-state index in [1.54, 1.807) is 7.11 Å². The third-order valence-corrected chi connectivity index (χ3v) is 3.93. The van der Waals surface area contributed by atoms with Gasteiger partial charge in [-0.05, 0) is 54.4 Å². The number of carbonyl (C=O) groups is 1. The Labute approximate surface area is 133 Å². The average Bonchev–Trinajstić information content (AvgIpc) is 2.84. The average molecular weight is 351 g/mol. The van der Waals surface area contributed by atoms with E-state index in [0.29, 0.717) is 5.69 Å². The molecular formula is C16H19BrN2O2. The fraction of sp³-hybridized carbons (Fsp3) is 0.312. The highest BCUT2D eigenvalue weighted by atomic mass is 79.9. The number of benzene rings is 1. The van der Waals surface area contributed by atoms with Crippen LogP contribution in [0.4, 0.5) is 5.69 Å². The van der Waals surface area contributed by atoms with E-state index in [-0.39, 0.29) is 5.91 Å². The van der Waals surface area contributed by atoms with Crippen LogP contribution in [0.25, 0.3) is 0 Å². The second-order valence-electron chi connectivity index (χ2n) is 4.87. The Morgan fingerprint density at radius 3 is 2.71 bits per heavy atom. The molecule has 0 atom stereocenters. The van der Waals surface area contributed by atoms with Gasteiger partial charge in [-0.3, -0.25) is 4.79 Å². The quantitative estimate of drug-likeness (QED) is 0.899. The molecule has 0 fully saturated rings. The minimum absolute atomic E-state index is 0.128. The molecule has 0 radical (unpaired) electrons. The molecule has 4 nitrogen and oxygen atoms in total. The van der Waals surface area contributed by atoms with Gasteiger partial charge >= 0.3 is 0 Å². The third kappa shape index (κ3) is 3.13. The first-order valence-corrected chi connectivity index (χ1v) is 7.58. The molecule has 1 N–H and O–H groups in total. The Kier molecular flexibility index (Phi) is 4.73. The number of halogens is 1. The number of carbonyl (C=O) groups excluding carboxylic acids is 1. The van der Waals surface area contributed by atoms with Crippen molar-refractivity contribution in [3.8, 4) is 5.75 Å².